The number of fused-ring (bicyclic) bond motifs is 4. The number of rotatable bonds is 21. The Bertz CT molecular complexity index is 1390. The fraction of sp³-hybridized carbons (Fsp3) is 0.725. The topological polar surface area (TPSA) is 166 Å². The summed E-state index contributed by atoms with van der Waals surface area (Å²) in [6.45, 7) is 12.3. The van der Waals surface area contributed by atoms with Crippen molar-refractivity contribution in [3.05, 3.63) is 36.7 Å². The maximum absolute atomic E-state index is 12.6. The molecular weight excluding hydrogens is 746 g/mol. The van der Waals surface area contributed by atoms with Gasteiger partial charge in [0.25, 0.3) is 0 Å². The van der Waals surface area contributed by atoms with Gasteiger partial charge in [-0.3, -0.25) is 4.79 Å². The van der Waals surface area contributed by atoms with E-state index in [1.54, 1.807) is 6.20 Å². The maximum Gasteiger partial charge on any atom is 0.309 e. The Labute approximate surface area is 338 Å². The van der Waals surface area contributed by atoms with E-state index in [0.29, 0.717) is 102 Å². The Kier molecular flexibility index (Phi) is 19.6. The van der Waals surface area contributed by atoms with Gasteiger partial charge in [-0.05, 0) is 71.4 Å². The van der Waals surface area contributed by atoms with Crippen molar-refractivity contribution in [2.45, 2.75) is 89.1 Å². The number of halogens is 1. The predicted molar refractivity (Wildman–Crippen MR) is 214 cm³/mol. The van der Waals surface area contributed by atoms with Crippen molar-refractivity contribution in [2.24, 2.45) is 5.92 Å². The summed E-state index contributed by atoms with van der Waals surface area (Å²) in [6, 6.07) is 9.94. The molecule has 0 radical (unpaired) electrons. The SMILES string of the molecule is CC(C)(C)OC(=O)C1CC2CCC(C1)N2c1ccnc(OCCOCCOCCO)c1.Cl.OCCOCCOCCOc1cc(N2C3CCC2CNC3)ccn1. The lowest BCUT2D eigenvalue weighted by molar-refractivity contribution is -0.161. The summed E-state index contributed by atoms with van der Waals surface area (Å²) in [5.74, 6) is 1.13. The van der Waals surface area contributed by atoms with E-state index in [-0.39, 0.29) is 37.5 Å². The van der Waals surface area contributed by atoms with E-state index in [4.69, 9.17) is 43.4 Å². The summed E-state index contributed by atoms with van der Waals surface area (Å²) >= 11 is 0. The lowest BCUT2D eigenvalue weighted by atomic mass is 9.90. The van der Waals surface area contributed by atoms with E-state index in [1.807, 2.05) is 45.2 Å². The average molecular weight is 810 g/mol. The number of esters is 1. The number of piperidine rings is 1. The first kappa shape index (κ1) is 45.7. The number of nitrogens with one attached hydrogen (secondary N) is 1. The first-order valence-electron chi connectivity index (χ1n) is 20.0. The molecule has 16 heteroatoms. The van der Waals surface area contributed by atoms with Gasteiger partial charge in [-0.25, -0.2) is 9.97 Å². The van der Waals surface area contributed by atoms with E-state index in [2.05, 4.69) is 31.2 Å². The van der Waals surface area contributed by atoms with Crippen LogP contribution >= 0.6 is 12.4 Å². The number of piperazine rings is 1. The Morgan fingerprint density at radius 2 is 1.09 bits per heavy atom. The fourth-order valence-electron chi connectivity index (χ4n) is 7.84. The third-order valence-electron chi connectivity index (χ3n) is 10.1. The molecule has 4 saturated heterocycles. The highest BCUT2D eigenvalue weighted by molar-refractivity contribution is 5.85. The van der Waals surface area contributed by atoms with Crippen molar-refractivity contribution >= 4 is 29.8 Å². The molecule has 56 heavy (non-hydrogen) atoms. The van der Waals surface area contributed by atoms with Gasteiger partial charge in [0, 0.05) is 73.2 Å². The molecule has 4 fully saturated rings. The summed E-state index contributed by atoms with van der Waals surface area (Å²) in [7, 11) is 0. The Morgan fingerprint density at radius 1 is 0.679 bits per heavy atom. The van der Waals surface area contributed by atoms with Crippen LogP contribution in [0, 0.1) is 5.92 Å². The van der Waals surface area contributed by atoms with Gasteiger partial charge >= 0.3 is 5.97 Å². The van der Waals surface area contributed by atoms with E-state index >= 15 is 0 Å². The number of aliphatic hydroxyl groups is 2. The van der Waals surface area contributed by atoms with Crippen LogP contribution in [0.25, 0.3) is 0 Å². The standard InChI is InChI=1S/C23H36N2O6.C17H27N3O4.ClH/c1-23(2,3)31-22(27)17-14-18-4-5-19(15-17)25(18)20-6-7-24-21(16-20)30-13-12-29-11-10-28-9-8-26;21-5-6-22-7-8-23-9-10-24-17-11-14(3-4-19-17)20-15-1-2-16(20)13-18-12-15;/h6-7,16-19,26H,4-5,8-15H2,1-3H3;3-4,11,15-16,18,21H,1-2,5-10,12-13H2;1H. The molecule has 0 saturated carbocycles. The number of aliphatic hydroxyl groups excluding tert-OH is 2. The highest BCUT2D eigenvalue weighted by Crippen LogP contribution is 2.43. The van der Waals surface area contributed by atoms with Gasteiger partial charge in [-0.1, -0.05) is 0 Å². The summed E-state index contributed by atoms with van der Waals surface area (Å²) in [4.78, 5) is 26.1. The summed E-state index contributed by atoms with van der Waals surface area (Å²) < 4.78 is 38.2. The van der Waals surface area contributed by atoms with Crippen LogP contribution in [0.3, 0.4) is 0 Å². The van der Waals surface area contributed by atoms with E-state index in [9.17, 15) is 4.79 Å². The zero-order chi connectivity index (χ0) is 38.9. The lowest BCUT2D eigenvalue weighted by Crippen LogP contribution is -2.52. The van der Waals surface area contributed by atoms with Gasteiger partial charge in [-0.2, -0.15) is 0 Å². The molecule has 4 atom stereocenters. The Balaban J connectivity index is 0.000000252. The summed E-state index contributed by atoms with van der Waals surface area (Å²) in [5.41, 5.74) is 1.85. The molecule has 0 aromatic carbocycles. The highest BCUT2D eigenvalue weighted by atomic mass is 35.5. The summed E-state index contributed by atoms with van der Waals surface area (Å²) in [5, 5.41) is 20.7. The number of carbonyl (C=O) groups excluding carboxylic acids is 1. The molecular formula is C40H64ClN5O10. The average Bonchev–Trinajstić information content (AvgIpc) is 3.59. The van der Waals surface area contributed by atoms with Gasteiger partial charge in [-0.15, -0.1) is 12.4 Å². The number of carbonyl (C=O) groups is 1. The zero-order valence-electron chi connectivity index (χ0n) is 33.4. The molecule has 15 nitrogen and oxygen atoms in total. The number of anilines is 2. The number of nitrogens with zero attached hydrogens (tertiary/aromatic N) is 4. The quantitative estimate of drug-likeness (QED) is 0.124. The van der Waals surface area contributed by atoms with Crippen LogP contribution < -0.4 is 24.6 Å². The van der Waals surface area contributed by atoms with Gasteiger partial charge in [0.15, 0.2) is 0 Å². The molecule has 2 aromatic heterocycles. The second-order valence-corrected chi connectivity index (χ2v) is 15.2. The zero-order valence-corrected chi connectivity index (χ0v) is 34.2. The molecule has 6 heterocycles. The molecule has 4 unspecified atom stereocenters. The third kappa shape index (κ3) is 14.4. The van der Waals surface area contributed by atoms with Crippen molar-refractivity contribution in [3.63, 3.8) is 0 Å². The van der Waals surface area contributed by atoms with Gasteiger partial charge in [0.05, 0.1) is 72.0 Å². The Morgan fingerprint density at radius 3 is 1.54 bits per heavy atom. The van der Waals surface area contributed by atoms with Crippen LogP contribution in [0.1, 0.15) is 59.3 Å². The molecule has 3 N–H and O–H groups in total. The Hall–Kier alpha value is -3.02. The first-order valence-corrected chi connectivity index (χ1v) is 20.0. The third-order valence-corrected chi connectivity index (χ3v) is 10.1. The molecule has 0 aliphatic carbocycles. The highest BCUT2D eigenvalue weighted by Gasteiger charge is 2.44. The first-order chi connectivity index (χ1) is 26.8. The predicted octanol–water partition coefficient (Wildman–Crippen LogP) is 3.42. The van der Waals surface area contributed by atoms with E-state index in [0.717, 1.165) is 44.5 Å². The van der Waals surface area contributed by atoms with Gasteiger partial charge in [0.2, 0.25) is 11.8 Å². The van der Waals surface area contributed by atoms with Crippen LogP contribution in [-0.2, 0) is 28.5 Å². The smallest absolute Gasteiger partial charge is 0.309 e. The van der Waals surface area contributed by atoms with Crippen LogP contribution in [0.4, 0.5) is 11.4 Å². The van der Waals surface area contributed by atoms with E-state index in [1.165, 1.54) is 18.5 Å². The minimum absolute atomic E-state index is 0. The maximum atomic E-state index is 12.6. The van der Waals surface area contributed by atoms with Crippen LogP contribution in [-0.4, -0.2) is 148 Å². The second-order valence-electron chi connectivity index (χ2n) is 15.2. The lowest BCUT2D eigenvalue weighted by Gasteiger charge is -2.40. The molecule has 316 valence electrons. The molecule has 4 bridgehead atoms. The number of hydrogen-bond acceptors (Lipinski definition) is 15. The van der Waals surface area contributed by atoms with Crippen molar-refractivity contribution < 1.29 is 48.2 Å². The monoisotopic (exact) mass is 809 g/mol. The minimum Gasteiger partial charge on any atom is -0.475 e. The normalized spacial score (nSPS) is 22.6. The number of pyridine rings is 2. The van der Waals surface area contributed by atoms with Crippen molar-refractivity contribution in [3.8, 4) is 11.8 Å². The summed E-state index contributed by atoms with van der Waals surface area (Å²) in [6.07, 6.45) is 9.93. The molecule has 0 spiro atoms. The van der Waals surface area contributed by atoms with Crippen molar-refractivity contribution in [1.82, 2.24) is 15.3 Å². The fourth-order valence-corrected chi connectivity index (χ4v) is 7.84. The molecule has 6 rings (SSSR count). The minimum atomic E-state index is -0.444. The van der Waals surface area contributed by atoms with Gasteiger partial charge < -0.3 is 58.5 Å². The van der Waals surface area contributed by atoms with E-state index < -0.39 is 5.60 Å². The number of hydrogen-bond donors (Lipinski definition) is 3. The number of aromatic nitrogens is 2. The molecule has 2 aromatic rings. The van der Waals surface area contributed by atoms with Crippen molar-refractivity contribution in [2.75, 3.05) is 102 Å². The second kappa shape index (κ2) is 24.0. The van der Waals surface area contributed by atoms with Crippen LogP contribution in [0.15, 0.2) is 36.7 Å². The molecule has 4 aliphatic heterocycles. The molecule has 4 aliphatic rings. The number of ether oxygens (including phenoxy) is 7. The van der Waals surface area contributed by atoms with Crippen LogP contribution in [0.5, 0.6) is 11.8 Å². The van der Waals surface area contributed by atoms with Crippen LogP contribution in [0.2, 0.25) is 0 Å². The molecule has 0 amide bonds. The largest absolute Gasteiger partial charge is 0.475 e. The van der Waals surface area contributed by atoms with Gasteiger partial charge in [0.1, 0.15) is 18.8 Å². The van der Waals surface area contributed by atoms with Crippen molar-refractivity contribution in [1.29, 1.82) is 0 Å².